The SMILES string of the molecule is C=CCOc1ccccc1C=Nc1ccc(C)cc1. The molecule has 0 fully saturated rings. The van der Waals surface area contributed by atoms with Gasteiger partial charge in [0.25, 0.3) is 0 Å². The number of benzene rings is 2. The molecule has 0 saturated heterocycles. The van der Waals surface area contributed by atoms with E-state index < -0.39 is 0 Å². The van der Waals surface area contributed by atoms with Gasteiger partial charge in [0.05, 0.1) is 5.69 Å². The summed E-state index contributed by atoms with van der Waals surface area (Å²) in [5.74, 6) is 0.818. The van der Waals surface area contributed by atoms with Crippen LogP contribution in [-0.4, -0.2) is 12.8 Å². The predicted molar refractivity (Wildman–Crippen MR) is 80.6 cm³/mol. The molecule has 96 valence electrons. The van der Waals surface area contributed by atoms with Crippen molar-refractivity contribution in [2.24, 2.45) is 4.99 Å². The fraction of sp³-hybridized carbons (Fsp3) is 0.118. The fourth-order valence-electron chi connectivity index (χ4n) is 1.64. The smallest absolute Gasteiger partial charge is 0.128 e. The van der Waals surface area contributed by atoms with Gasteiger partial charge in [-0.1, -0.05) is 42.5 Å². The molecule has 0 atom stereocenters. The summed E-state index contributed by atoms with van der Waals surface area (Å²) in [5, 5.41) is 0. The Labute approximate surface area is 114 Å². The molecule has 0 bridgehead atoms. The van der Waals surface area contributed by atoms with Crippen molar-refractivity contribution in [1.82, 2.24) is 0 Å². The molecule has 2 aromatic rings. The third-order valence-electron chi connectivity index (χ3n) is 2.66. The first-order valence-corrected chi connectivity index (χ1v) is 6.23. The zero-order chi connectivity index (χ0) is 13.5. The topological polar surface area (TPSA) is 21.6 Å². The summed E-state index contributed by atoms with van der Waals surface area (Å²) in [7, 11) is 0. The highest BCUT2D eigenvalue weighted by atomic mass is 16.5. The molecule has 0 spiro atoms. The molecule has 19 heavy (non-hydrogen) atoms. The Morgan fingerprint density at radius 1 is 1.11 bits per heavy atom. The maximum atomic E-state index is 5.58. The number of nitrogens with zero attached hydrogens (tertiary/aromatic N) is 1. The van der Waals surface area contributed by atoms with Gasteiger partial charge in [-0.05, 0) is 31.2 Å². The Balaban J connectivity index is 2.17. The van der Waals surface area contributed by atoms with Gasteiger partial charge in [0, 0.05) is 11.8 Å². The van der Waals surface area contributed by atoms with E-state index in [1.165, 1.54) is 5.56 Å². The molecule has 2 rings (SSSR count). The van der Waals surface area contributed by atoms with E-state index in [9.17, 15) is 0 Å². The van der Waals surface area contributed by atoms with Crippen molar-refractivity contribution in [2.45, 2.75) is 6.92 Å². The molecule has 0 saturated carbocycles. The average Bonchev–Trinajstić information content (AvgIpc) is 2.45. The number of ether oxygens (including phenoxy) is 1. The van der Waals surface area contributed by atoms with E-state index in [-0.39, 0.29) is 0 Å². The van der Waals surface area contributed by atoms with E-state index in [0.29, 0.717) is 6.61 Å². The second-order valence-corrected chi connectivity index (χ2v) is 4.23. The first-order chi connectivity index (χ1) is 9.29. The molecular weight excluding hydrogens is 234 g/mol. The third-order valence-corrected chi connectivity index (χ3v) is 2.66. The van der Waals surface area contributed by atoms with Gasteiger partial charge in [0.2, 0.25) is 0 Å². The zero-order valence-electron chi connectivity index (χ0n) is 11.0. The van der Waals surface area contributed by atoms with Crippen LogP contribution in [0.2, 0.25) is 0 Å². The Bertz CT molecular complexity index is 570. The van der Waals surface area contributed by atoms with Crippen molar-refractivity contribution in [2.75, 3.05) is 6.61 Å². The number of rotatable bonds is 5. The van der Waals surface area contributed by atoms with Crippen LogP contribution in [-0.2, 0) is 0 Å². The van der Waals surface area contributed by atoms with Gasteiger partial charge in [-0.2, -0.15) is 0 Å². The summed E-state index contributed by atoms with van der Waals surface area (Å²) in [5.41, 5.74) is 3.13. The van der Waals surface area contributed by atoms with Crippen LogP contribution in [0.4, 0.5) is 5.69 Å². The molecule has 0 radical (unpaired) electrons. The van der Waals surface area contributed by atoms with Crippen molar-refractivity contribution in [3.8, 4) is 5.75 Å². The summed E-state index contributed by atoms with van der Waals surface area (Å²) in [4.78, 5) is 4.46. The molecular formula is C17H17NO. The quantitative estimate of drug-likeness (QED) is 0.573. The monoisotopic (exact) mass is 251 g/mol. The average molecular weight is 251 g/mol. The molecule has 2 nitrogen and oxygen atoms in total. The van der Waals surface area contributed by atoms with Crippen LogP contribution in [0.15, 0.2) is 66.2 Å². The van der Waals surface area contributed by atoms with Gasteiger partial charge in [-0.15, -0.1) is 0 Å². The van der Waals surface area contributed by atoms with Crippen molar-refractivity contribution in [3.63, 3.8) is 0 Å². The van der Waals surface area contributed by atoms with Gasteiger partial charge in [-0.25, -0.2) is 0 Å². The maximum absolute atomic E-state index is 5.58. The number of aryl methyl sites for hydroxylation is 1. The third kappa shape index (κ3) is 3.81. The lowest BCUT2D eigenvalue weighted by Crippen LogP contribution is -1.96. The lowest BCUT2D eigenvalue weighted by Gasteiger charge is -2.06. The highest BCUT2D eigenvalue weighted by Gasteiger charge is 1.99. The van der Waals surface area contributed by atoms with Gasteiger partial charge in [-0.3, -0.25) is 4.99 Å². The second-order valence-electron chi connectivity index (χ2n) is 4.23. The van der Waals surface area contributed by atoms with E-state index in [4.69, 9.17) is 4.74 Å². The largest absolute Gasteiger partial charge is 0.489 e. The van der Waals surface area contributed by atoms with E-state index in [0.717, 1.165) is 17.0 Å². The molecule has 0 heterocycles. The standard InChI is InChI=1S/C17H17NO/c1-3-12-19-17-7-5-4-6-15(17)13-18-16-10-8-14(2)9-11-16/h3-11,13H,1,12H2,2H3. The minimum atomic E-state index is 0.495. The zero-order valence-corrected chi connectivity index (χ0v) is 11.0. The molecule has 0 amide bonds. The first-order valence-electron chi connectivity index (χ1n) is 6.23. The minimum Gasteiger partial charge on any atom is -0.489 e. The second kappa shape index (κ2) is 6.55. The van der Waals surface area contributed by atoms with Crippen molar-refractivity contribution in [3.05, 3.63) is 72.3 Å². The van der Waals surface area contributed by atoms with Crippen LogP contribution >= 0.6 is 0 Å². The Morgan fingerprint density at radius 3 is 2.58 bits per heavy atom. The number of hydrogen-bond donors (Lipinski definition) is 0. The summed E-state index contributed by atoms with van der Waals surface area (Å²) in [6, 6.07) is 15.9. The Hall–Kier alpha value is -2.35. The molecule has 0 N–H and O–H groups in total. The highest BCUT2D eigenvalue weighted by Crippen LogP contribution is 2.18. The summed E-state index contributed by atoms with van der Waals surface area (Å²) >= 11 is 0. The minimum absolute atomic E-state index is 0.495. The first kappa shape index (κ1) is 13.1. The number of hydrogen-bond acceptors (Lipinski definition) is 2. The van der Waals surface area contributed by atoms with E-state index in [1.807, 2.05) is 54.7 Å². The van der Waals surface area contributed by atoms with Crippen LogP contribution < -0.4 is 4.74 Å². The van der Waals surface area contributed by atoms with Crippen LogP contribution in [0, 0.1) is 6.92 Å². The van der Waals surface area contributed by atoms with Crippen molar-refractivity contribution >= 4 is 11.9 Å². The van der Waals surface area contributed by atoms with Gasteiger partial charge in [0.15, 0.2) is 0 Å². The number of aliphatic imine (C=N–C) groups is 1. The van der Waals surface area contributed by atoms with Crippen molar-refractivity contribution in [1.29, 1.82) is 0 Å². The normalized spacial score (nSPS) is 10.6. The predicted octanol–water partition coefficient (Wildman–Crippen LogP) is 4.31. The summed E-state index contributed by atoms with van der Waals surface area (Å²) in [6.07, 6.45) is 3.55. The molecule has 0 aliphatic rings. The van der Waals surface area contributed by atoms with Crippen LogP contribution in [0.5, 0.6) is 5.75 Å². The fourth-order valence-corrected chi connectivity index (χ4v) is 1.64. The lowest BCUT2D eigenvalue weighted by atomic mass is 10.2. The molecule has 0 aromatic heterocycles. The molecule has 0 unspecified atom stereocenters. The van der Waals surface area contributed by atoms with Gasteiger partial charge >= 0.3 is 0 Å². The van der Waals surface area contributed by atoms with Gasteiger partial charge in [0.1, 0.15) is 12.4 Å². The number of para-hydroxylation sites is 1. The lowest BCUT2D eigenvalue weighted by molar-refractivity contribution is 0.363. The van der Waals surface area contributed by atoms with Crippen molar-refractivity contribution < 1.29 is 4.74 Å². The highest BCUT2D eigenvalue weighted by molar-refractivity contribution is 5.85. The van der Waals surface area contributed by atoms with Crippen LogP contribution in [0.25, 0.3) is 0 Å². The Kier molecular flexibility index (Phi) is 4.51. The summed E-state index contributed by atoms with van der Waals surface area (Å²) < 4.78 is 5.58. The molecule has 0 aliphatic carbocycles. The van der Waals surface area contributed by atoms with Gasteiger partial charge < -0.3 is 4.74 Å². The van der Waals surface area contributed by atoms with Crippen LogP contribution in [0.3, 0.4) is 0 Å². The van der Waals surface area contributed by atoms with E-state index >= 15 is 0 Å². The molecule has 2 aromatic carbocycles. The van der Waals surface area contributed by atoms with E-state index in [1.54, 1.807) is 6.08 Å². The van der Waals surface area contributed by atoms with Crippen LogP contribution in [0.1, 0.15) is 11.1 Å². The maximum Gasteiger partial charge on any atom is 0.128 e. The summed E-state index contributed by atoms with van der Waals surface area (Å²) in [6.45, 7) is 6.21. The Morgan fingerprint density at radius 2 is 1.84 bits per heavy atom. The molecule has 0 aliphatic heterocycles. The van der Waals surface area contributed by atoms with E-state index in [2.05, 4.69) is 18.5 Å². The molecule has 2 heteroatoms.